The molecule has 3 aromatic rings. The van der Waals surface area contributed by atoms with Crippen LogP contribution in [0.25, 0.3) is 5.65 Å². The molecule has 0 aliphatic heterocycles. The molecule has 2 heterocycles. The Morgan fingerprint density at radius 3 is 2.59 bits per heavy atom. The smallest absolute Gasteiger partial charge is 0.274 e. The zero-order chi connectivity index (χ0) is 15.9. The summed E-state index contributed by atoms with van der Waals surface area (Å²) in [6.07, 6.45) is 1.21. The van der Waals surface area contributed by atoms with Crippen LogP contribution in [0.15, 0.2) is 36.5 Å². The monoisotopic (exact) mass is 337 g/mol. The Kier molecular flexibility index (Phi) is 3.76. The fraction of sp³-hybridized carbons (Fsp3) is 0.0667. The number of carbonyl (C=O) groups is 1. The van der Waals surface area contributed by atoms with Gasteiger partial charge >= 0.3 is 0 Å². The van der Waals surface area contributed by atoms with Crippen LogP contribution in [0.1, 0.15) is 16.2 Å². The molecule has 0 radical (unpaired) electrons. The van der Waals surface area contributed by atoms with Crippen LogP contribution in [0.4, 0.5) is 10.1 Å². The second kappa shape index (κ2) is 5.59. The third-order valence-electron chi connectivity index (χ3n) is 3.17. The average molecular weight is 338 g/mol. The van der Waals surface area contributed by atoms with Crippen molar-refractivity contribution < 1.29 is 9.18 Å². The molecule has 0 saturated carbocycles. The summed E-state index contributed by atoms with van der Waals surface area (Å²) in [7, 11) is 0. The maximum Gasteiger partial charge on any atom is 0.274 e. The largest absolute Gasteiger partial charge is 0.318 e. The molecule has 1 aromatic carbocycles. The van der Waals surface area contributed by atoms with Gasteiger partial charge in [0.2, 0.25) is 0 Å². The summed E-state index contributed by atoms with van der Waals surface area (Å²) in [5, 5.41) is 3.28. The van der Waals surface area contributed by atoms with Crippen LogP contribution in [0, 0.1) is 12.7 Å². The number of amides is 1. The number of nitrogens with zero attached hydrogens (tertiary/aromatic N) is 2. The second-order valence-corrected chi connectivity index (χ2v) is 5.49. The molecule has 1 N–H and O–H groups in total. The number of pyridine rings is 1. The Labute approximate surface area is 135 Å². The van der Waals surface area contributed by atoms with Gasteiger partial charge in [-0.2, -0.15) is 0 Å². The number of hydrogen-bond acceptors (Lipinski definition) is 2. The number of carbonyl (C=O) groups excluding carboxylic acids is 1. The molecule has 0 aliphatic carbocycles. The van der Waals surface area contributed by atoms with Gasteiger partial charge in [-0.25, -0.2) is 9.37 Å². The molecule has 1 amide bonds. The van der Waals surface area contributed by atoms with Crippen molar-refractivity contribution in [2.24, 2.45) is 0 Å². The molecule has 2 aromatic heterocycles. The number of halogens is 3. The molecule has 22 heavy (non-hydrogen) atoms. The van der Waals surface area contributed by atoms with E-state index in [2.05, 4.69) is 10.3 Å². The summed E-state index contributed by atoms with van der Waals surface area (Å²) in [4.78, 5) is 16.7. The van der Waals surface area contributed by atoms with E-state index in [1.807, 2.05) is 0 Å². The van der Waals surface area contributed by atoms with E-state index in [1.54, 1.807) is 25.1 Å². The highest BCUT2D eigenvalue weighted by Crippen LogP contribution is 2.30. The van der Waals surface area contributed by atoms with E-state index in [0.29, 0.717) is 27.1 Å². The van der Waals surface area contributed by atoms with Crippen LogP contribution < -0.4 is 5.32 Å². The Morgan fingerprint density at radius 2 is 1.91 bits per heavy atom. The first kappa shape index (κ1) is 14.8. The zero-order valence-electron chi connectivity index (χ0n) is 11.4. The SMILES string of the molecule is Cc1nc2ccc(F)cn2c1C(=O)Nc1c(Cl)cccc1Cl. The average Bonchev–Trinajstić information content (AvgIpc) is 2.78. The first-order chi connectivity index (χ1) is 10.5. The number of para-hydroxylation sites is 1. The summed E-state index contributed by atoms with van der Waals surface area (Å²) in [6.45, 7) is 1.67. The Hall–Kier alpha value is -2.11. The van der Waals surface area contributed by atoms with Crippen LogP contribution in [0.2, 0.25) is 10.0 Å². The van der Waals surface area contributed by atoms with Crippen molar-refractivity contribution in [1.82, 2.24) is 9.38 Å². The fourth-order valence-corrected chi connectivity index (χ4v) is 2.69. The third-order valence-corrected chi connectivity index (χ3v) is 3.80. The van der Waals surface area contributed by atoms with E-state index in [-0.39, 0.29) is 5.69 Å². The van der Waals surface area contributed by atoms with E-state index >= 15 is 0 Å². The van der Waals surface area contributed by atoms with Crippen LogP contribution in [0.3, 0.4) is 0 Å². The summed E-state index contributed by atoms with van der Waals surface area (Å²) >= 11 is 12.1. The molecule has 4 nitrogen and oxygen atoms in total. The first-order valence-corrected chi connectivity index (χ1v) is 7.12. The number of benzene rings is 1. The number of imidazole rings is 1. The van der Waals surface area contributed by atoms with Crippen molar-refractivity contribution in [2.45, 2.75) is 6.92 Å². The van der Waals surface area contributed by atoms with Gasteiger partial charge in [-0.15, -0.1) is 0 Å². The van der Waals surface area contributed by atoms with Crippen molar-refractivity contribution >= 4 is 40.4 Å². The predicted molar refractivity (Wildman–Crippen MR) is 84.3 cm³/mol. The molecular formula is C15H10Cl2FN3O. The predicted octanol–water partition coefficient (Wildman–Crippen LogP) is 4.34. The molecule has 0 spiro atoms. The van der Waals surface area contributed by atoms with Gasteiger partial charge in [0.15, 0.2) is 0 Å². The lowest BCUT2D eigenvalue weighted by atomic mass is 10.2. The Morgan fingerprint density at radius 1 is 1.23 bits per heavy atom. The molecule has 0 atom stereocenters. The van der Waals surface area contributed by atoms with Gasteiger partial charge in [-0.05, 0) is 31.2 Å². The number of rotatable bonds is 2. The van der Waals surface area contributed by atoms with E-state index < -0.39 is 11.7 Å². The lowest BCUT2D eigenvalue weighted by Crippen LogP contribution is -2.16. The molecule has 0 unspecified atom stereocenters. The maximum atomic E-state index is 13.4. The number of anilines is 1. The summed E-state index contributed by atoms with van der Waals surface area (Å²) in [6, 6.07) is 7.69. The fourth-order valence-electron chi connectivity index (χ4n) is 2.20. The van der Waals surface area contributed by atoms with Gasteiger partial charge in [0.25, 0.3) is 5.91 Å². The van der Waals surface area contributed by atoms with Gasteiger partial charge in [0, 0.05) is 6.20 Å². The summed E-state index contributed by atoms with van der Waals surface area (Å²) in [5.74, 6) is -0.930. The lowest BCUT2D eigenvalue weighted by molar-refractivity contribution is 0.102. The molecule has 7 heteroatoms. The highest BCUT2D eigenvalue weighted by molar-refractivity contribution is 6.40. The number of aryl methyl sites for hydroxylation is 1. The lowest BCUT2D eigenvalue weighted by Gasteiger charge is -2.09. The molecular weight excluding hydrogens is 328 g/mol. The molecule has 0 saturated heterocycles. The first-order valence-electron chi connectivity index (χ1n) is 6.37. The molecule has 3 rings (SSSR count). The second-order valence-electron chi connectivity index (χ2n) is 4.67. The van der Waals surface area contributed by atoms with Crippen LogP contribution in [-0.4, -0.2) is 15.3 Å². The Bertz CT molecular complexity index is 872. The molecule has 0 aliphatic rings. The minimum absolute atomic E-state index is 0.227. The van der Waals surface area contributed by atoms with Gasteiger partial charge in [-0.3, -0.25) is 9.20 Å². The van der Waals surface area contributed by atoms with Crippen molar-refractivity contribution in [2.75, 3.05) is 5.32 Å². The van der Waals surface area contributed by atoms with Gasteiger partial charge in [-0.1, -0.05) is 29.3 Å². The van der Waals surface area contributed by atoms with Crippen molar-refractivity contribution in [3.8, 4) is 0 Å². The zero-order valence-corrected chi connectivity index (χ0v) is 12.9. The van der Waals surface area contributed by atoms with Crippen LogP contribution >= 0.6 is 23.2 Å². The number of aromatic nitrogens is 2. The van der Waals surface area contributed by atoms with Gasteiger partial charge in [0.1, 0.15) is 17.2 Å². The quantitative estimate of drug-likeness (QED) is 0.755. The van der Waals surface area contributed by atoms with Crippen LogP contribution in [0.5, 0.6) is 0 Å². The van der Waals surface area contributed by atoms with E-state index in [4.69, 9.17) is 23.2 Å². The van der Waals surface area contributed by atoms with Gasteiger partial charge in [0.05, 0.1) is 21.4 Å². The third kappa shape index (κ3) is 2.53. The van der Waals surface area contributed by atoms with Crippen molar-refractivity contribution in [3.05, 3.63) is 63.8 Å². The standard InChI is InChI=1S/C15H10Cl2FN3O/c1-8-14(21-7-9(18)5-6-12(21)19-8)15(22)20-13-10(16)3-2-4-11(13)17/h2-7H,1H3,(H,20,22). The van der Waals surface area contributed by atoms with Crippen LogP contribution in [-0.2, 0) is 0 Å². The summed E-state index contributed by atoms with van der Waals surface area (Å²) < 4.78 is 14.8. The number of fused-ring (bicyclic) bond motifs is 1. The minimum Gasteiger partial charge on any atom is -0.318 e. The molecule has 0 fully saturated rings. The maximum absolute atomic E-state index is 13.4. The van der Waals surface area contributed by atoms with Gasteiger partial charge < -0.3 is 5.32 Å². The van der Waals surface area contributed by atoms with Crippen molar-refractivity contribution in [1.29, 1.82) is 0 Å². The normalized spacial score (nSPS) is 10.9. The molecule has 0 bridgehead atoms. The highest BCUT2D eigenvalue weighted by atomic mass is 35.5. The molecule has 112 valence electrons. The minimum atomic E-state index is -0.467. The number of hydrogen-bond donors (Lipinski definition) is 1. The summed E-state index contributed by atoms with van der Waals surface area (Å²) in [5.41, 5.74) is 1.49. The van der Waals surface area contributed by atoms with E-state index in [1.165, 1.54) is 22.7 Å². The van der Waals surface area contributed by atoms with E-state index in [9.17, 15) is 9.18 Å². The Balaban J connectivity index is 2.06. The number of nitrogens with one attached hydrogen (secondary N) is 1. The highest BCUT2D eigenvalue weighted by Gasteiger charge is 2.19. The van der Waals surface area contributed by atoms with E-state index in [0.717, 1.165) is 0 Å². The van der Waals surface area contributed by atoms with Crippen molar-refractivity contribution in [3.63, 3.8) is 0 Å². The topological polar surface area (TPSA) is 46.4 Å².